The number of ether oxygens (including phenoxy) is 1. The third kappa shape index (κ3) is 3.93. The highest BCUT2D eigenvalue weighted by atomic mass is 35.5. The first-order valence-electron chi connectivity index (χ1n) is 6.38. The average molecular weight is 307 g/mol. The molecule has 0 bridgehead atoms. The summed E-state index contributed by atoms with van der Waals surface area (Å²) in [5.41, 5.74) is 7.19. The molecule has 1 unspecified atom stereocenters. The summed E-state index contributed by atoms with van der Waals surface area (Å²) in [5, 5.41) is 11.3. The summed E-state index contributed by atoms with van der Waals surface area (Å²) >= 11 is 5.77. The van der Waals surface area contributed by atoms with Gasteiger partial charge in [0.15, 0.2) is 0 Å². The predicted molar refractivity (Wildman–Crippen MR) is 81.5 cm³/mol. The number of hydrogen-bond donors (Lipinski definition) is 1. The van der Waals surface area contributed by atoms with Gasteiger partial charge in [-0.25, -0.2) is 0 Å². The molecule has 2 rings (SSSR count). The number of nitrogens with zero attached hydrogens (tertiary/aromatic N) is 1. The first kappa shape index (κ1) is 15.3. The zero-order valence-corrected chi connectivity index (χ0v) is 12.2. The van der Waals surface area contributed by atoms with Crippen molar-refractivity contribution in [1.29, 1.82) is 0 Å². The number of nitro groups is 1. The predicted octanol–water partition coefficient (Wildman–Crippen LogP) is 3.85. The number of rotatable bonds is 5. The van der Waals surface area contributed by atoms with Crippen molar-refractivity contribution in [1.82, 2.24) is 0 Å². The van der Waals surface area contributed by atoms with E-state index in [0.29, 0.717) is 16.3 Å². The molecule has 0 amide bonds. The molecular formula is C15H15ClN2O3. The van der Waals surface area contributed by atoms with E-state index in [0.717, 1.165) is 5.56 Å². The van der Waals surface area contributed by atoms with Crippen LogP contribution in [0, 0.1) is 10.1 Å². The molecule has 1 atom stereocenters. The van der Waals surface area contributed by atoms with E-state index < -0.39 is 4.92 Å². The monoisotopic (exact) mass is 306 g/mol. The summed E-state index contributed by atoms with van der Waals surface area (Å²) in [5.74, 6) is 0.628. The molecule has 2 N–H and O–H groups in total. The summed E-state index contributed by atoms with van der Waals surface area (Å²) < 4.78 is 5.57. The van der Waals surface area contributed by atoms with Crippen molar-refractivity contribution >= 4 is 17.3 Å². The molecule has 0 aromatic heterocycles. The van der Waals surface area contributed by atoms with Gasteiger partial charge in [0.1, 0.15) is 12.4 Å². The molecule has 0 aliphatic rings. The van der Waals surface area contributed by atoms with Crippen LogP contribution in [0.2, 0.25) is 5.02 Å². The number of hydrogen-bond acceptors (Lipinski definition) is 4. The Kier molecular flexibility index (Phi) is 4.77. The molecule has 21 heavy (non-hydrogen) atoms. The lowest BCUT2D eigenvalue weighted by atomic mass is 10.1. The zero-order chi connectivity index (χ0) is 15.4. The highest BCUT2D eigenvalue weighted by Crippen LogP contribution is 2.25. The lowest BCUT2D eigenvalue weighted by Crippen LogP contribution is -2.04. The van der Waals surface area contributed by atoms with E-state index in [1.807, 2.05) is 19.1 Å². The highest BCUT2D eigenvalue weighted by molar-refractivity contribution is 6.30. The van der Waals surface area contributed by atoms with E-state index in [1.165, 1.54) is 6.07 Å². The minimum absolute atomic E-state index is 0.0450. The fourth-order valence-electron chi connectivity index (χ4n) is 1.86. The van der Waals surface area contributed by atoms with Crippen molar-refractivity contribution < 1.29 is 9.66 Å². The Balaban J connectivity index is 2.11. The Labute approximate surface area is 127 Å². The summed E-state index contributed by atoms with van der Waals surface area (Å²) in [6, 6.07) is 11.8. The van der Waals surface area contributed by atoms with E-state index in [-0.39, 0.29) is 18.3 Å². The van der Waals surface area contributed by atoms with Gasteiger partial charge in [0, 0.05) is 17.1 Å². The number of nitrogens with two attached hydrogens (primary N) is 1. The molecule has 2 aromatic rings. The van der Waals surface area contributed by atoms with E-state index in [9.17, 15) is 10.1 Å². The molecule has 0 saturated carbocycles. The Morgan fingerprint density at radius 2 is 1.95 bits per heavy atom. The van der Waals surface area contributed by atoms with Crippen molar-refractivity contribution in [2.75, 3.05) is 0 Å². The Morgan fingerprint density at radius 3 is 2.52 bits per heavy atom. The maximum atomic E-state index is 11.0. The quantitative estimate of drug-likeness (QED) is 0.672. The highest BCUT2D eigenvalue weighted by Gasteiger charge is 2.14. The number of nitro benzene ring substituents is 1. The second-order valence-corrected chi connectivity index (χ2v) is 5.11. The summed E-state index contributed by atoms with van der Waals surface area (Å²) in [6.07, 6.45) is 0. The van der Waals surface area contributed by atoms with Gasteiger partial charge in [0.2, 0.25) is 0 Å². The fourth-order valence-corrected chi connectivity index (χ4v) is 2.02. The summed E-state index contributed by atoms with van der Waals surface area (Å²) in [6.45, 7) is 2.00. The van der Waals surface area contributed by atoms with Gasteiger partial charge in [-0.15, -0.1) is 0 Å². The third-order valence-corrected chi connectivity index (χ3v) is 3.28. The molecule has 0 radical (unpaired) electrons. The molecule has 6 heteroatoms. The first-order valence-corrected chi connectivity index (χ1v) is 6.76. The molecule has 0 aliphatic heterocycles. The smallest absolute Gasteiger partial charge is 0.277 e. The fraction of sp³-hybridized carbons (Fsp3) is 0.200. The zero-order valence-electron chi connectivity index (χ0n) is 11.5. The third-order valence-electron chi connectivity index (χ3n) is 3.04. The SMILES string of the molecule is CC(N)c1ccc(OCc2ccc(Cl)cc2[N+](=O)[O-])cc1. The van der Waals surface area contributed by atoms with Crippen LogP contribution in [-0.2, 0) is 6.61 Å². The molecule has 0 saturated heterocycles. The van der Waals surface area contributed by atoms with Gasteiger partial charge in [-0.2, -0.15) is 0 Å². The van der Waals surface area contributed by atoms with Crippen LogP contribution in [0.1, 0.15) is 24.1 Å². The van der Waals surface area contributed by atoms with Crippen LogP contribution < -0.4 is 10.5 Å². The summed E-state index contributed by atoms with van der Waals surface area (Å²) in [4.78, 5) is 10.5. The van der Waals surface area contributed by atoms with Crippen molar-refractivity contribution in [3.63, 3.8) is 0 Å². The lowest BCUT2D eigenvalue weighted by Gasteiger charge is -2.09. The lowest BCUT2D eigenvalue weighted by molar-refractivity contribution is -0.385. The molecule has 0 heterocycles. The van der Waals surface area contributed by atoms with Crippen molar-refractivity contribution in [3.05, 3.63) is 68.7 Å². The minimum Gasteiger partial charge on any atom is -0.489 e. The molecule has 0 aliphatic carbocycles. The Bertz CT molecular complexity index is 642. The van der Waals surface area contributed by atoms with Crippen molar-refractivity contribution in [3.8, 4) is 5.75 Å². The minimum atomic E-state index is -0.468. The first-order chi connectivity index (χ1) is 9.97. The standard InChI is InChI=1S/C15H15ClN2O3/c1-10(17)11-3-6-14(7-4-11)21-9-12-2-5-13(16)8-15(12)18(19)20/h2-8,10H,9,17H2,1H3. The molecule has 0 fully saturated rings. The van der Waals surface area contributed by atoms with Gasteiger partial charge >= 0.3 is 0 Å². The van der Waals surface area contributed by atoms with Crippen molar-refractivity contribution in [2.24, 2.45) is 5.73 Å². The second-order valence-electron chi connectivity index (χ2n) is 4.68. The Hall–Kier alpha value is -2.11. The Morgan fingerprint density at radius 1 is 1.29 bits per heavy atom. The molecular weight excluding hydrogens is 292 g/mol. The number of benzene rings is 2. The van der Waals surface area contributed by atoms with Gasteiger partial charge in [-0.3, -0.25) is 10.1 Å². The topological polar surface area (TPSA) is 78.4 Å². The molecule has 2 aromatic carbocycles. The maximum Gasteiger partial charge on any atom is 0.277 e. The van der Waals surface area contributed by atoms with Gasteiger partial charge < -0.3 is 10.5 Å². The van der Waals surface area contributed by atoms with Crippen molar-refractivity contribution in [2.45, 2.75) is 19.6 Å². The second kappa shape index (κ2) is 6.56. The van der Waals surface area contributed by atoms with E-state index in [1.54, 1.807) is 24.3 Å². The van der Waals surface area contributed by atoms with Gasteiger partial charge in [0.05, 0.1) is 10.5 Å². The molecule has 0 spiro atoms. The van der Waals surface area contributed by atoms with Crippen LogP contribution in [0.5, 0.6) is 5.75 Å². The van der Waals surface area contributed by atoms with Crippen LogP contribution >= 0.6 is 11.6 Å². The number of halogens is 1. The average Bonchev–Trinajstić information content (AvgIpc) is 2.46. The van der Waals surface area contributed by atoms with Gasteiger partial charge in [-0.05, 0) is 36.8 Å². The van der Waals surface area contributed by atoms with Gasteiger partial charge in [-0.1, -0.05) is 23.7 Å². The van der Waals surface area contributed by atoms with Crippen LogP contribution in [0.15, 0.2) is 42.5 Å². The summed E-state index contributed by atoms with van der Waals surface area (Å²) in [7, 11) is 0. The molecule has 5 nitrogen and oxygen atoms in total. The van der Waals surface area contributed by atoms with Crippen LogP contribution in [0.4, 0.5) is 5.69 Å². The maximum absolute atomic E-state index is 11.0. The van der Waals surface area contributed by atoms with Crippen LogP contribution in [0.25, 0.3) is 0 Å². The van der Waals surface area contributed by atoms with Crippen LogP contribution in [-0.4, -0.2) is 4.92 Å². The van der Waals surface area contributed by atoms with E-state index >= 15 is 0 Å². The normalized spacial score (nSPS) is 12.0. The van der Waals surface area contributed by atoms with Crippen LogP contribution in [0.3, 0.4) is 0 Å². The van der Waals surface area contributed by atoms with Gasteiger partial charge in [0.25, 0.3) is 5.69 Å². The largest absolute Gasteiger partial charge is 0.489 e. The van der Waals surface area contributed by atoms with E-state index in [4.69, 9.17) is 22.1 Å². The van der Waals surface area contributed by atoms with E-state index in [2.05, 4.69) is 0 Å². The molecule has 110 valence electrons.